The van der Waals surface area contributed by atoms with E-state index >= 15 is 4.39 Å². The molecular weight excluding hydrogens is 455 g/mol. The number of halogens is 1. The van der Waals surface area contributed by atoms with Crippen molar-refractivity contribution in [1.82, 2.24) is 0 Å². The molecule has 0 amide bonds. The highest BCUT2D eigenvalue weighted by molar-refractivity contribution is 5.71. The molecule has 0 unspecified atom stereocenters. The van der Waals surface area contributed by atoms with E-state index in [1.807, 2.05) is 42.5 Å². The van der Waals surface area contributed by atoms with E-state index in [2.05, 4.69) is 17.0 Å². The zero-order chi connectivity index (χ0) is 25.1. The molecule has 0 bridgehead atoms. The first-order valence-electron chi connectivity index (χ1n) is 12.7. The number of anilines is 1. The summed E-state index contributed by atoms with van der Waals surface area (Å²) in [7, 11) is 0. The number of carbonyl (C=O) groups excluding carboxylic acids is 1. The number of nitrogens with zero attached hydrogens (tertiary/aromatic N) is 1. The van der Waals surface area contributed by atoms with Gasteiger partial charge in [-0.1, -0.05) is 36.4 Å². The fourth-order valence-electron chi connectivity index (χ4n) is 5.18. The van der Waals surface area contributed by atoms with Gasteiger partial charge in [-0.05, 0) is 73.4 Å². The molecule has 1 aliphatic heterocycles. The normalized spacial score (nSPS) is 17.0. The predicted molar refractivity (Wildman–Crippen MR) is 139 cm³/mol. The van der Waals surface area contributed by atoms with Crippen LogP contribution in [0.3, 0.4) is 0 Å². The standard InChI is InChI=1S/C30H33FN2O3/c1-21(32)26-6-4-7-27(29(26)31)24-15-22(18-36-28-8-3-2-5-23(28)19-35-20-34)16-25(17-24)33-13-11-30(9-10-30)12-14-33/h2-8,15-17,20-21H,9-14,18-19,32H2,1H3/t21-/m0/s1. The molecule has 1 heterocycles. The molecular formula is C30H33FN2O3. The Balaban J connectivity index is 1.46. The lowest BCUT2D eigenvalue weighted by molar-refractivity contribution is -0.129. The van der Waals surface area contributed by atoms with Gasteiger partial charge in [-0.25, -0.2) is 4.39 Å². The van der Waals surface area contributed by atoms with Crippen molar-refractivity contribution in [3.8, 4) is 16.9 Å². The predicted octanol–water partition coefficient (Wildman–Crippen LogP) is 6.14. The van der Waals surface area contributed by atoms with Crippen LogP contribution in [0.4, 0.5) is 10.1 Å². The summed E-state index contributed by atoms with van der Waals surface area (Å²) < 4.78 is 26.6. The van der Waals surface area contributed by atoms with Crippen molar-refractivity contribution in [2.45, 2.75) is 51.9 Å². The molecule has 0 radical (unpaired) electrons. The second-order valence-corrected chi connectivity index (χ2v) is 10.2. The van der Waals surface area contributed by atoms with Gasteiger partial charge in [0.25, 0.3) is 6.47 Å². The second kappa shape index (κ2) is 10.3. The minimum Gasteiger partial charge on any atom is -0.488 e. The van der Waals surface area contributed by atoms with Gasteiger partial charge in [0.1, 0.15) is 24.8 Å². The molecule has 1 aliphatic carbocycles. The number of para-hydroxylation sites is 1. The second-order valence-electron chi connectivity index (χ2n) is 10.2. The zero-order valence-electron chi connectivity index (χ0n) is 20.7. The summed E-state index contributed by atoms with van der Waals surface area (Å²) in [5.74, 6) is 0.383. The van der Waals surface area contributed by atoms with Crippen LogP contribution in [-0.2, 0) is 22.7 Å². The fourth-order valence-corrected chi connectivity index (χ4v) is 5.18. The van der Waals surface area contributed by atoms with Crippen LogP contribution in [0, 0.1) is 11.2 Å². The van der Waals surface area contributed by atoms with Crippen LogP contribution in [0.15, 0.2) is 60.7 Å². The Labute approximate surface area is 212 Å². The lowest BCUT2D eigenvalue weighted by atomic mass is 9.92. The molecule has 2 N–H and O–H groups in total. The molecule has 5 nitrogen and oxygen atoms in total. The molecule has 36 heavy (non-hydrogen) atoms. The van der Waals surface area contributed by atoms with Crippen molar-refractivity contribution in [3.63, 3.8) is 0 Å². The number of ether oxygens (including phenoxy) is 2. The summed E-state index contributed by atoms with van der Waals surface area (Å²) in [6.07, 6.45) is 5.12. The highest BCUT2D eigenvalue weighted by Gasteiger charge is 2.44. The van der Waals surface area contributed by atoms with E-state index in [-0.39, 0.29) is 12.4 Å². The van der Waals surface area contributed by atoms with Crippen LogP contribution in [0.5, 0.6) is 5.75 Å². The number of hydrogen-bond acceptors (Lipinski definition) is 5. The first-order chi connectivity index (χ1) is 17.5. The summed E-state index contributed by atoms with van der Waals surface area (Å²) in [5.41, 5.74) is 11.3. The van der Waals surface area contributed by atoms with Gasteiger partial charge >= 0.3 is 0 Å². The van der Waals surface area contributed by atoms with E-state index in [0.717, 1.165) is 35.5 Å². The van der Waals surface area contributed by atoms with Gasteiger partial charge in [0, 0.05) is 41.5 Å². The summed E-state index contributed by atoms with van der Waals surface area (Å²) in [4.78, 5) is 13.1. The van der Waals surface area contributed by atoms with Gasteiger partial charge in [-0.15, -0.1) is 0 Å². The SMILES string of the molecule is C[C@H](N)c1cccc(-c2cc(COc3ccccc3COC=O)cc(N3CCC4(CC3)CC4)c2)c1F. The molecule has 6 heteroatoms. The maximum atomic E-state index is 15.5. The van der Waals surface area contributed by atoms with Crippen molar-refractivity contribution < 1.29 is 18.7 Å². The van der Waals surface area contributed by atoms with Gasteiger partial charge in [-0.2, -0.15) is 0 Å². The molecule has 0 aromatic heterocycles. The highest BCUT2D eigenvalue weighted by atomic mass is 19.1. The van der Waals surface area contributed by atoms with Crippen LogP contribution in [0.25, 0.3) is 11.1 Å². The van der Waals surface area contributed by atoms with Gasteiger partial charge in [0.15, 0.2) is 0 Å². The Morgan fingerprint density at radius 3 is 2.53 bits per heavy atom. The minimum absolute atomic E-state index is 0.149. The largest absolute Gasteiger partial charge is 0.488 e. The van der Waals surface area contributed by atoms with Gasteiger partial charge < -0.3 is 20.1 Å². The molecule has 1 atom stereocenters. The first-order valence-corrected chi connectivity index (χ1v) is 12.7. The third-order valence-corrected chi connectivity index (χ3v) is 7.63. The zero-order valence-corrected chi connectivity index (χ0v) is 20.7. The molecule has 5 rings (SSSR count). The number of hydrogen-bond donors (Lipinski definition) is 1. The van der Waals surface area contributed by atoms with E-state index in [0.29, 0.717) is 35.4 Å². The van der Waals surface area contributed by atoms with E-state index < -0.39 is 6.04 Å². The molecule has 2 aliphatic rings. The van der Waals surface area contributed by atoms with E-state index in [1.165, 1.54) is 25.7 Å². The average Bonchev–Trinajstić information content (AvgIpc) is 3.65. The molecule has 3 aromatic carbocycles. The number of benzene rings is 3. The van der Waals surface area contributed by atoms with Crippen molar-refractivity contribution in [2.24, 2.45) is 11.1 Å². The smallest absolute Gasteiger partial charge is 0.293 e. The van der Waals surface area contributed by atoms with Crippen LogP contribution in [0.1, 0.15) is 55.3 Å². The van der Waals surface area contributed by atoms with E-state index in [1.54, 1.807) is 13.0 Å². The molecule has 3 aromatic rings. The summed E-state index contributed by atoms with van der Waals surface area (Å²) >= 11 is 0. The monoisotopic (exact) mass is 488 g/mol. The molecule has 1 saturated heterocycles. The van der Waals surface area contributed by atoms with E-state index in [4.69, 9.17) is 15.2 Å². The van der Waals surface area contributed by atoms with Gasteiger partial charge in [0.05, 0.1) is 0 Å². The van der Waals surface area contributed by atoms with Crippen molar-refractivity contribution in [3.05, 3.63) is 83.2 Å². The highest BCUT2D eigenvalue weighted by Crippen LogP contribution is 2.54. The first kappa shape index (κ1) is 24.3. The Bertz CT molecular complexity index is 1230. The van der Waals surface area contributed by atoms with Crippen LogP contribution >= 0.6 is 0 Å². The average molecular weight is 489 g/mol. The minimum atomic E-state index is -0.391. The Kier molecular flexibility index (Phi) is 6.97. The molecule has 188 valence electrons. The number of nitrogens with two attached hydrogens (primary N) is 1. The summed E-state index contributed by atoms with van der Waals surface area (Å²) in [5, 5.41) is 0. The van der Waals surface area contributed by atoms with E-state index in [9.17, 15) is 4.79 Å². The number of rotatable bonds is 9. The third-order valence-electron chi connectivity index (χ3n) is 7.63. The maximum Gasteiger partial charge on any atom is 0.293 e. The van der Waals surface area contributed by atoms with Crippen LogP contribution < -0.4 is 15.4 Å². The Morgan fingerprint density at radius 1 is 1.03 bits per heavy atom. The lowest BCUT2D eigenvalue weighted by Crippen LogP contribution is -2.34. The van der Waals surface area contributed by atoms with Crippen LogP contribution in [0.2, 0.25) is 0 Å². The number of carbonyl (C=O) groups is 1. The summed E-state index contributed by atoms with van der Waals surface area (Å²) in [6, 6.07) is 18.8. The van der Waals surface area contributed by atoms with Gasteiger partial charge in [-0.3, -0.25) is 4.79 Å². The van der Waals surface area contributed by atoms with Gasteiger partial charge in [0.2, 0.25) is 0 Å². The van der Waals surface area contributed by atoms with Crippen molar-refractivity contribution >= 4 is 12.2 Å². The summed E-state index contributed by atoms with van der Waals surface area (Å²) in [6.45, 7) is 4.71. The Hall–Kier alpha value is -3.38. The molecule has 1 saturated carbocycles. The topological polar surface area (TPSA) is 64.8 Å². The molecule has 1 spiro atoms. The lowest BCUT2D eigenvalue weighted by Gasteiger charge is -2.34. The Morgan fingerprint density at radius 2 is 1.81 bits per heavy atom. The van der Waals surface area contributed by atoms with Crippen molar-refractivity contribution in [2.75, 3.05) is 18.0 Å². The maximum absolute atomic E-state index is 15.5. The molecule has 2 fully saturated rings. The number of piperidine rings is 1. The third kappa shape index (κ3) is 5.24. The van der Waals surface area contributed by atoms with Crippen molar-refractivity contribution in [1.29, 1.82) is 0 Å². The quantitative estimate of drug-likeness (QED) is 0.366. The fraction of sp³-hybridized carbons (Fsp3) is 0.367. The van der Waals surface area contributed by atoms with Crippen LogP contribution in [-0.4, -0.2) is 19.6 Å².